The van der Waals surface area contributed by atoms with Crippen molar-refractivity contribution in [1.82, 2.24) is 0 Å². The predicted octanol–water partition coefficient (Wildman–Crippen LogP) is 1.28. The molecule has 116 valence electrons. The Kier molecular flexibility index (Phi) is 3.78. The second-order valence-corrected chi connectivity index (χ2v) is 5.97. The highest BCUT2D eigenvalue weighted by Crippen LogP contribution is 2.45. The second-order valence-electron chi connectivity index (χ2n) is 5.97. The van der Waals surface area contributed by atoms with Crippen molar-refractivity contribution in [1.29, 1.82) is 0 Å². The minimum Gasteiger partial charge on any atom is -0.387 e. The highest BCUT2D eigenvalue weighted by Gasteiger charge is 2.55. The van der Waals surface area contributed by atoms with Gasteiger partial charge in [-0.1, -0.05) is 60.7 Å². The van der Waals surface area contributed by atoms with Crippen LogP contribution in [-0.4, -0.2) is 32.6 Å². The van der Waals surface area contributed by atoms with Crippen molar-refractivity contribution in [2.45, 2.75) is 36.3 Å². The summed E-state index contributed by atoms with van der Waals surface area (Å²) in [5.41, 5.74) is -2.06. The van der Waals surface area contributed by atoms with E-state index in [4.69, 9.17) is 0 Å². The normalized spacial score (nSPS) is 35.3. The van der Waals surface area contributed by atoms with E-state index in [9.17, 15) is 20.4 Å². The Hall–Kier alpha value is -1.72. The molecular formula is C18H20O4. The van der Waals surface area contributed by atoms with Gasteiger partial charge in [-0.05, 0) is 24.0 Å². The van der Waals surface area contributed by atoms with E-state index in [1.54, 1.807) is 48.5 Å². The monoisotopic (exact) mass is 300 g/mol. The van der Waals surface area contributed by atoms with Crippen molar-refractivity contribution >= 4 is 0 Å². The molecule has 4 nitrogen and oxygen atoms in total. The lowest BCUT2D eigenvalue weighted by Gasteiger charge is -2.48. The van der Waals surface area contributed by atoms with Gasteiger partial charge in [-0.25, -0.2) is 0 Å². The lowest BCUT2D eigenvalue weighted by molar-refractivity contribution is -0.231. The number of aliphatic hydroxyl groups is 4. The third kappa shape index (κ3) is 2.25. The lowest BCUT2D eigenvalue weighted by atomic mass is 9.67. The molecule has 2 aromatic rings. The minimum absolute atomic E-state index is 0.153. The van der Waals surface area contributed by atoms with Crippen LogP contribution in [0, 0.1) is 0 Å². The molecule has 3 rings (SSSR count). The molecule has 0 aromatic heterocycles. The third-order valence-electron chi connectivity index (χ3n) is 4.71. The Labute approximate surface area is 129 Å². The number of rotatable bonds is 2. The molecule has 0 unspecified atom stereocenters. The molecule has 0 heterocycles. The summed E-state index contributed by atoms with van der Waals surface area (Å²) in [6.07, 6.45) is -2.65. The fraction of sp³-hybridized carbons (Fsp3) is 0.333. The molecule has 0 bridgehead atoms. The Bertz CT molecular complexity index is 573. The third-order valence-corrected chi connectivity index (χ3v) is 4.71. The average Bonchev–Trinajstić information content (AvgIpc) is 2.58. The van der Waals surface area contributed by atoms with Crippen molar-refractivity contribution < 1.29 is 20.4 Å². The van der Waals surface area contributed by atoms with Crippen molar-refractivity contribution in [2.24, 2.45) is 0 Å². The van der Waals surface area contributed by atoms with Gasteiger partial charge in [0.15, 0.2) is 0 Å². The fourth-order valence-corrected chi connectivity index (χ4v) is 3.28. The second kappa shape index (κ2) is 5.48. The van der Waals surface area contributed by atoms with Crippen LogP contribution in [0.5, 0.6) is 0 Å². The van der Waals surface area contributed by atoms with Gasteiger partial charge in [-0.15, -0.1) is 0 Å². The highest BCUT2D eigenvalue weighted by atomic mass is 16.4. The topological polar surface area (TPSA) is 80.9 Å². The fourth-order valence-electron chi connectivity index (χ4n) is 3.28. The van der Waals surface area contributed by atoms with Crippen molar-refractivity contribution in [3.63, 3.8) is 0 Å². The van der Waals surface area contributed by atoms with Gasteiger partial charge < -0.3 is 20.4 Å². The van der Waals surface area contributed by atoms with Crippen LogP contribution in [0.2, 0.25) is 0 Å². The zero-order valence-electron chi connectivity index (χ0n) is 12.1. The molecule has 1 aliphatic carbocycles. The van der Waals surface area contributed by atoms with Crippen LogP contribution in [0.1, 0.15) is 24.0 Å². The number of aliphatic hydroxyl groups excluding tert-OH is 2. The Morgan fingerprint density at radius 1 is 0.636 bits per heavy atom. The van der Waals surface area contributed by atoms with Crippen molar-refractivity contribution in [2.75, 3.05) is 0 Å². The SMILES string of the molecule is O[C@@H]1[C@H](O)[C@](O)(c2ccccc2)CC[C@]1(O)c1ccccc1. The zero-order valence-corrected chi connectivity index (χ0v) is 12.1. The summed E-state index contributed by atoms with van der Waals surface area (Å²) in [5, 5.41) is 42.7. The van der Waals surface area contributed by atoms with E-state index in [0.717, 1.165) is 0 Å². The molecule has 22 heavy (non-hydrogen) atoms. The first-order valence-corrected chi connectivity index (χ1v) is 7.40. The Morgan fingerprint density at radius 2 is 0.955 bits per heavy atom. The summed E-state index contributed by atoms with van der Waals surface area (Å²) in [4.78, 5) is 0. The first-order valence-electron chi connectivity index (χ1n) is 7.40. The van der Waals surface area contributed by atoms with Gasteiger partial charge in [-0.3, -0.25) is 0 Å². The molecule has 0 amide bonds. The summed E-state index contributed by atoms with van der Waals surface area (Å²) in [5.74, 6) is 0. The van der Waals surface area contributed by atoms with Crippen LogP contribution < -0.4 is 0 Å². The maximum atomic E-state index is 10.8. The Balaban J connectivity index is 1.96. The summed E-state index contributed by atoms with van der Waals surface area (Å²) >= 11 is 0. The van der Waals surface area contributed by atoms with Crippen LogP contribution in [0.25, 0.3) is 0 Å². The summed E-state index contributed by atoms with van der Waals surface area (Å²) in [6, 6.07) is 17.6. The first kappa shape index (κ1) is 15.2. The summed E-state index contributed by atoms with van der Waals surface area (Å²) in [7, 11) is 0. The molecule has 1 saturated carbocycles. The highest BCUT2D eigenvalue weighted by molar-refractivity contribution is 5.31. The average molecular weight is 300 g/mol. The maximum Gasteiger partial charge on any atom is 0.118 e. The zero-order chi connectivity index (χ0) is 15.8. The first-order chi connectivity index (χ1) is 10.5. The lowest BCUT2D eigenvalue weighted by Crippen LogP contribution is -2.60. The standard InChI is InChI=1S/C18H20O4/c19-15-16(20)18(22,14-9-5-2-6-10-14)12-11-17(15,21)13-7-3-1-4-8-13/h1-10,15-16,19-22H,11-12H2/t15-,16+,17+,18-. The van der Waals surface area contributed by atoms with Crippen molar-refractivity contribution in [3.8, 4) is 0 Å². The number of benzene rings is 2. The van der Waals surface area contributed by atoms with Gasteiger partial charge in [0.2, 0.25) is 0 Å². The summed E-state index contributed by atoms with van der Waals surface area (Å²) < 4.78 is 0. The molecule has 0 saturated heterocycles. The van der Waals surface area contributed by atoms with Gasteiger partial charge >= 0.3 is 0 Å². The molecule has 4 heteroatoms. The van der Waals surface area contributed by atoms with Gasteiger partial charge in [0.1, 0.15) is 23.4 Å². The van der Waals surface area contributed by atoms with E-state index in [1.165, 1.54) is 0 Å². The number of hydrogen-bond donors (Lipinski definition) is 4. The molecule has 1 aliphatic rings. The van der Waals surface area contributed by atoms with Crippen LogP contribution in [0.3, 0.4) is 0 Å². The smallest absolute Gasteiger partial charge is 0.118 e. The molecule has 0 radical (unpaired) electrons. The van der Waals surface area contributed by atoms with Crippen molar-refractivity contribution in [3.05, 3.63) is 71.8 Å². The quantitative estimate of drug-likeness (QED) is 0.673. The molecule has 2 aromatic carbocycles. The van der Waals surface area contributed by atoms with E-state index in [-0.39, 0.29) is 12.8 Å². The summed E-state index contributed by atoms with van der Waals surface area (Å²) in [6.45, 7) is 0. The van der Waals surface area contributed by atoms with Gasteiger partial charge in [0.25, 0.3) is 0 Å². The van der Waals surface area contributed by atoms with Crippen LogP contribution in [0.4, 0.5) is 0 Å². The minimum atomic E-state index is -1.57. The molecule has 0 aliphatic heterocycles. The van der Waals surface area contributed by atoms with E-state index >= 15 is 0 Å². The molecule has 4 N–H and O–H groups in total. The van der Waals surface area contributed by atoms with Crippen LogP contribution in [-0.2, 0) is 11.2 Å². The van der Waals surface area contributed by atoms with Crippen LogP contribution in [0.15, 0.2) is 60.7 Å². The maximum absolute atomic E-state index is 10.8. The Morgan fingerprint density at radius 3 is 1.27 bits per heavy atom. The van der Waals surface area contributed by atoms with Crippen LogP contribution >= 0.6 is 0 Å². The van der Waals surface area contributed by atoms with Gasteiger partial charge in [0.05, 0.1) is 0 Å². The largest absolute Gasteiger partial charge is 0.387 e. The van der Waals surface area contributed by atoms with E-state index < -0.39 is 23.4 Å². The van der Waals surface area contributed by atoms with Gasteiger partial charge in [0, 0.05) is 0 Å². The molecule has 4 atom stereocenters. The van der Waals surface area contributed by atoms with Gasteiger partial charge in [-0.2, -0.15) is 0 Å². The number of hydrogen-bond acceptors (Lipinski definition) is 4. The van der Waals surface area contributed by atoms with E-state index in [2.05, 4.69) is 0 Å². The van der Waals surface area contributed by atoms with E-state index in [0.29, 0.717) is 11.1 Å². The molecular weight excluding hydrogens is 280 g/mol. The van der Waals surface area contributed by atoms with E-state index in [1.807, 2.05) is 12.1 Å². The predicted molar refractivity (Wildman–Crippen MR) is 81.9 cm³/mol. The molecule has 0 spiro atoms. The molecule has 1 fully saturated rings.